The number of benzene rings is 2. The molecule has 0 bridgehead atoms. The molecule has 231 valence electrons. The first kappa shape index (κ1) is 33.6. The second-order valence-corrected chi connectivity index (χ2v) is 15.4. The predicted octanol–water partition coefficient (Wildman–Crippen LogP) is 5.93. The van der Waals surface area contributed by atoms with Gasteiger partial charge in [-0.05, 0) is 46.6 Å². The third-order valence-electron chi connectivity index (χ3n) is 7.23. The molecule has 0 unspecified atom stereocenters. The zero-order chi connectivity index (χ0) is 31.1. The lowest BCUT2D eigenvalue weighted by Gasteiger charge is -2.27. The topological polar surface area (TPSA) is 102 Å². The molecule has 1 aliphatic heterocycles. The Morgan fingerprint density at radius 1 is 0.881 bits per heavy atom. The number of ether oxygens (including phenoxy) is 3. The van der Waals surface area contributed by atoms with E-state index in [0.717, 1.165) is 22.3 Å². The Kier molecular flexibility index (Phi) is 11.2. The molecule has 1 N–H and O–H groups in total. The number of esters is 1. The lowest BCUT2D eigenvalue weighted by atomic mass is 9.77. The molecular formula is C32H46NO8Si. The minimum absolute atomic E-state index is 0.0828. The molecule has 1 aliphatic rings. The summed E-state index contributed by atoms with van der Waals surface area (Å²) in [6.45, 7) is 13.9. The smallest absolute Gasteiger partial charge is 0.493 e. The maximum atomic E-state index is 13.1. The average molecular weight is 601 g/mol. The van der Waals surface area contributed by atoms with Crippen LogP contribution >= 0.6 is 0 Å². The second-order valence-electron chi connectivity index (χ2n) is 12.4. The predicted molar refractivity (Wildman–Crippen MR) is 163 cm³/mol. The van der Waals surface area contributed by atoms with Gasteiger partial charge in [0, 0.05) is 51.5 Å². The number of nitrogens with one attached hydrogen (secondary N) is 1. The summed E-state index contributed by atoms with van der Waals surface area (Å²) in [5, 5.41) is 2.72. The van der Waals surface area contributed by atoms with Crippen molar-refractivity contribution >= 4 is 20.9 Å². The summed E-state index contributed by atoms with van der Waals surface area (Å²) in [6.07, 6.45) is 0.696. The molecule has 2 aromatic rings. The van der Waals surface area contributed by atoms with Crippen LogP contribution in [-0.4, -0.2) is 62.0 Å². The third-order valence-corrected chi connectivity index (χ3v) is 10.1. The number of carbonyl (C=O) groups is 2. The van der Waals surface area contributed by atoms with Crippen molar-refractivity contribution in [2.24, 2.45) is 0 Å². The van der Waals surface area contributed by atoms with Gasteiger partial charge in [0.25, 0.3) is 0 Å². The highest BCUT2D eigenvalue weighted by Crippen LogP contribution is 2.46. The van der Waals surface area contributed by atoms with E-state index in [0.29, 0.717) is 49.5 Å². The molecule has 0 spiro atoms. The van der Waals surface area contributed by atoms with Gasteiger partial charge in [-0.2, -0.15) is 0 Å². The van der Waals surface area contributed by atoms with Crippen LogP contribution in [0.15, 0.2) is 36.4 Å². The van der Waals surface area contributed by atoms with E-state index >= 15 is 0 Å². The normalized spacial score (nSPS) is 14.0. The summed E-state index contributed by atoms with van der Waals surface area (Å²) >= 11 is 0. The second kappa shape index (κ2) is 14.0. The summed E-state index contributed by atoms with van der Waals surface area (Å²) < 4.78 is 33.0. The van der Waals surface area contributed by atoms with Crippen LogP contribution in [0.25, 0.3) is 0 Å². The molecule has 0 saturated heterocycles. The van der Waals surface area contributed by atoms with E-state index in [1.165, 1.54) is 0 Å². The Hall–Kier alpha value is -2.92. The van der Waals surface area contributed by atoms with Crippen molar-refractivity contribution in [3.05, 3.63) is 64.6 Å². The zero-order valence-electron chi connectivity index (χ0n) is 26.5. The SMILES string of the molecule is CO[Si](CCCNC(=O)OCCCOc1ccc([C]2C(=O)Oc3c2cc(C(C)(C)C)cc3C(C)(C)C)cc1)(OC)OC. The molecule has 3 rings (SSSR count). The van der Waals surface area contributed by atoms with E-state index in [9.17, 15) is 9.59 Å². The van der Waals surface area contributed by atoms with E-state index in [1.807, 2.05) is 24.3 Å². The van der Waals surface area contributed by atoms with Crippen molar-refractivity contribution in [3.63, 3.8) is 0 Å². The van der Waals surface area contributed by atoms with Gasteiger partial charge in [0.15, 0.2) is 0 Å². The lowest BCUT2D eigenvalue weighted by Crippen LogP contribution is -2.43. The summed E-state index contributed by atoms with van der Waals surface area (Å²) in [6, 6.07) is 12.3. The van der Waals surface area contributed by atoms with Crippen LogP contribution in [0.5, 0.6) is 11.5 Å². The third kappa shape index (κ3) is 8.34. The standard InChI is InChI=1S/C32H46NO8Si/c1-31(2,3)23-20-25-27(29(34)41-28(25)26(21-23)32(4,5)6)22-12-14-24(15-13-22)39-17-11-18-40-30(35)33-16-10-19-42(36-7,37-8)38-9/h12-15,20-21H,10-11,16-19H2,1-9H3,(H,33,35). The quantitative estimate of drug-likeness (QED) is 0.131. The largest absolute Gasteiger partial charge is 0.500 e. The summed E-state index contributed by atoms with van der Waals surface area (Å²) in [7, 11) is 2.04. The molecule has 0 saturated carbocycles. The van der Waals surface area contributed by atoms with Crippen molar-refractivity contribution in [2.45, 2.75) is 71.3 Å². The number of alkyl carbamates (subject to hydrolysis) is 1. The summed E-state index contributed by atoms with van der Waals surface area (Å²) in [5.41, 5.74) is 3.52. The van der Waals surface area contributed by atoms with Crippen molar-refractivity contribution in [3.8, 4) is 11.5 Å². The fourth-order valence-corrected chi connectivity index (χ4v) is 6.40. The highest BCUT2D eigenvalue weighted by Gasteiger charge is 2.40. The maximum absolute atomic E-state index is 13.1. The van der Waals surface area contributed by atoms with E-state index in [-0.39, 0.29) is 23.4 Å². The van der Waals surface area contributed by atoms with Gasteiger partial charge in [-0.1, -0.05) is 59.7 Å². The van der Waals surface area contributed by atoms with Gasteiger partial charge in [0.2, 0.25) is 0 Å². The molecule has 42 heavy (non-hydrogen) atoms. The van der Waals surface area contributed by atoms with Crippen LogP contribution in [0.2, 0.25) is 6.04 Å². The first-order valence-corrected chi connectivity index (χ1v) is 16.3. The first-order valence-electron chi connectivity index (χ1n) is 14.3. The van der Waals surface area contributed by atoms with Gasteiger partial charge in [-0.25, -0.2) is 4.79 Å². The van der Waals surface area contributed by atoms with Gasteiger partial charge in [0.1, 0.15) is 17.4 Å². The number of amides is 1. The fourth-order valence-electron chi connectivity index (χ4n) is 4.68. The Morgan fingerprint density at radius 3 is 2.10 bits per heavy atom. The molecule has 2 aromatic carbocycles. The Balaban J connectivity index is 1.51. The van der Waals surface area contributed by atoms with Gasteiger partial charge in [0.05, 0.1) is 13.2 Å². The summed E-state index contributed by atoms with van der Waals surface area (Å²) in [4.78, 5) is 25.0. The number of hydrogen-bond donors (Lipinski definition) is 1. The lowest BCUT2D eigenvalue weighted by molar-refractivity contribution is -0.130. The van der Waals surface area contributed by atoms with E-state index < -0.39 is 14.9 Å². The fraction of sp³-hybridized carbons (Fsp3) is 0.531. The van der Waals surface area contributed by atoms with Crippen LogP contribution in [-0.2, 0) is 33.6 Å². The number of hydrogen-bond acceptors (Lipinski definition) is 8. The van der Waals surface area contributed by atoms with Crippen LogP contribution in [0.1, 0.15) is 76.6 Å². The van der Waals surface area contributed by atoms with E-state index in [4.69, 9.17) is 27.5 Å². The van der Waals surface area contributed by atoms with E-state index in [2.05, 4.69) is 59.0 Å². The van der Waals surface area contributed by atoms with Gasteiger partial charge < -0.3 is 32.8 Å². The minimum Gasteiger partial charge on any atom is -0.493 e. The van der Waals surface area contributed by atoms with Crippen molar-refractivity contribution < 1.29 is 37.1 Å². The molecule has 0 atom stereocenters. The molecular weight excluding hydrogens is 554 g/mol. The van der Waals surface area contributed by atoms with Crippen molar-refractivity contribution in [2.75, 3.05) is 41.1 Å². The molecule has 10 heteroatoms. The van der Waals surface area contributed by atoms with Crippen LogP contribution in [0, 0.1) is 5.92 Å². The monoisotopic (exact) mass is 600 g/mol. The van der Waals surface area contributed by atoms with Gasteiger partial charge >= 0.3 is 20.9 Å². The Labute approximate surface area is 251 Å². The highest BCUT2D eigenvalue weighted by molar-refractivity contribution is 6.60. The van der Waals surface area contributed by atoms with Crippen molar-refractivity contribution in [1.29, 1.82) is 0 Å². The number of rotatable bonds is 13. The molecule has 0 fully saturated rings. The number of fused-ring (bicyclic) bond motifs is 1. The van der Waals surface area contributed by atoms with Gasteiger partial charge in [-0.15, -0.1) is 0 Å². The van der Waals surface area contributed by atoms with E-state index in [1.54, 1.807) is 21.3 Å². The average Bonchev–Trinajstić information content (AvgIpc) is 3.27. The number of carbonyl (C=O) groups excluding carboxylic acids is 2. The Bertz CT molecular complexity index is 1200. The van der Waals surface area contributed by atoms with Crippen LogP contribution in [0.3, 0.4) is 0 Å². The van der Waals surface area contributed by atoms with Gasteiger partial charge in [-0.3, -0.25) is 4.79 Å². The zero-order valence-corrected chi connectivity index (χ0v) is 27.5. The maximum Gasteiger partial charge on any atom is 0.500 e. The molecule has 1 radical (unpaired) electrons. The minimum atomic E-state index is -2.64. The molecule has 1 amide bonds. The molecule has 0 aliphatic carbocycles. The molecule has 0 aromatic heterocycles. The molecule has 1 heterocycles. The molecule has 9 nitrogen and oxygen atoms in total. The Morgan fingerprint density at radius 2 is 1.52 bits per heavy atom. The van der Waals surface area contributed by atoms with Crippen molar-refractivity contribution in [1.82, 2.24) is 5.32 Å². The summed E-state index contributed by atoms with van der Waals surface area (Å²) in [5.74, 6) is 1.53. The first-order chi connectivity index (χ1) is 19.7. The highest BCUT2D eigenvalue weighted by atomic mass is 28.4. The van der Waals surface area contributed by atoms with Crippen LogP contribution < -0.4 is 14.8 Å². The van der Waals surface area contributed by atoms with Crippen LogP contribution in [0.4, 0.5) is 4.79 Å².